The van der Waals surface area contributed by atoms with Gasteiger partial charge in [-0.2, -0.15) is 0 Å². The fourth-order valence-corrected chi connectivity index (χ4v) is 1.87. The Kier molecular flexibility index (Phi) is 6.59. The first-order chi connectivity index (χ1) is 7.88. The largest absolute Gasteiger partial charge is 0.392 e. The van der Waals surface area contributed by atoms with Crippen molar-refractivity contribution in [2.24, 2.45) is 0 Å². The second kappa shape index (κ2) is 8.12. The second-order valence-electron chi connectivity index (χ2n) is 4.09. The van der Waals surface area contributed by atoms with Crippen LogP contribution in [0.1, 0.15) is 44.6 Å². The van der Waals surface area contributed by atoms with Gasteiger partial charge in [-0.1, -0.05) is 62.6 Å². The molecule has 0 spiro atoms. The number of aliphatic hydroxyl groups is 1. The molecule has 0 aliphatic heterocycles. The van der Waals surface area contributed by atoms with Crippen LogP contribution < -0.4 is 0 Å². The third-order valence-electron chi connectivity index (χ3n) is 2.78. The molecule has 1 aromatic carbocycles. The summed E-state index contributed by atoms with van der Waals surface area (Å²) in [7, 11) is 0. The van der Waals surface area contributed by atoms with Gasteiger partial charge in [-0.15, -0.1) is 0 Å². The third-order valence-corrected chi connectivity index (χ3v) is 2.78. The first-order valence-electron chi connectivity index (χ1n) is 6.23. The van der Waals surface area contributed by atoms with Crippen molar-refractivity contribution in [3.63, 3.8) is 0 Å². The molecule has 0 saturated carbocycles. The third kappa shape index (κ3) is 4.63. The molecule has 0 unspecified atom stereocenters. The van der Waals surface area contributed by atoms with Gasteiger partial charge in [-0.25, -0.2) is 0 Å². The van der Waals surface area contributed by atoms with E-state index in [1.807, 2.05) is 24.3 Å². The highest BCUT2D eigenvalue weighted by atomic mass is 16.2. The van der Waals surface area contributed by atoms with E-state index in [0.717, 1.165) is 6.42 Å². The van der Waals surface area contributed by atoms with Crippen molar-refractivity contribution in [1.29, 1.82) is 0 Å². The van der Waals surface area contributed by atoms with E-state index in [2.05, 4.69) is 19.1 Å². The predicted molar refractivity (Wildman–Crippen MR) is 70.3 cm³/mol. The first kappa shape index (κ1) is 13.0. The molecule has 1 aromatic rings. The molecule has 0 aromatic heterocycles. The molecule has 0 aliphatic rings. The molecule has 0 saturated heterocycles. The molecule has 0 bridgehead atoms. The second-order valence-corrected chi connectivity index (χ2v) is 4.09. The number of aliphatic hydroxyl groups excluding tert-OH is 1. The summed E-state index contributed by atoms with van der Waals surface area (Å²) in [5.41, 5.74) is 2.52. The van der Waals surface area contributed by atoms with E-state index in [0.29, 0.717) is 0 Å². The number of benzene rings is 1. The molecule has 0 atom stereocenters. The van der Waals surface area contributed by atoms with Gasteiger partial charge in [0.1, 0.15) is 0 Å². The van der Waals surface area contributed by atoms with E-state index in [1.165, 1.54) is 36.8 Å². The summed E-state index contributed by atoms with van der Waals surface area (Å²) in [6.07, 6.45) is 8.08. The minimum Gasteiger partial charge on any atom is -0.392 e. The average molecular weight is 218 g/mol. The summed E-state index contributed by atoms with van der Waals surface area (Å²) < 4.78 is 0. The Morgan fingerprint density at radius 2 is 1.88 bits per heavy atom. The van der Waals surface area contributed by atoms with Gasteiger partial charge >= 0.3 is 0 Å². The van der Waals surface area contributed by atoms with Crippen molar-refractivity contribution in [3.8, 4) is 0 Å². The molecular formula is C15H22O. The summed E-state index contributed by atoms with van der Waals surface area (Å²) in [6.45, 7) is 2.36. The minimum absolute atomic E-state index is 0.137. The zero-order valence-corrected chi connectivity index (χ0v) is 10.2. The number of allylic oxidation sites excluding steroid dienone is 1. The van der Waals surface area contributed by atoms with Crippen LogP contribution >= 0.6 is 0 Å². The van der Waals surface area contributed by atoms with E-state index >= 15 is 0 Å². The van der Waals surface area contributed by atoms with E-state index in [9.17, 15) is 0 Å². The smallest absolute Gasteiger partial charge is 0.0618 e. The van der Waals surface area contributed by atoms with E-state index in [1.54, 1.807) is 0 Å². The van der Waals surface area contributed by atoms with Gasteiger partial charge < -0.3 is 5.11 Å². The summed E-state index contributed by atoms with van der Waals surface area (Å²) in [5, 5.41) is 9.02. The molecule has 0 aliphatic carbocycles. The lowest BCUT2D eigenvalue weighted by Crippen LogP contribution is -1.88. The fraction of sp³-hybridized carbons (Fsp3) is 0.467. The zero-order valence-electron chi connectivity index (χ0n) is 10.2. The highest BCUT2D eigenvalue weighted by Crippen LogP contribution is 2.20. The summed E-state index contributed by atoms with van der Waals surface area (Å²) in [6, 6.07) is 10.3. The van der Waals surface area contributed by atoms with E-state index < -0.39 is 0 Å². The summed E-state index contributed by atoms with van der Waals surface area (Å²) in [5.74, 6) is 0. The van der Waals surface area contributed by atoms with Crippen molar-refractivity contribution in [2.45, 2.75) is 39.0 Å². The van der Waals surface area contributed by atoms with Gasteiger partial charge in [-0.05, 0) is 24.0 Å². The van der Waals surface area contributed by atoms with Crippen molar-refractivity contribution in [3.05, 3.63) is 42.0 Å². The van der Waals surface area contributed by atoms with Gasteiger partial charge in [0.2, 0.25) is 0 Å². The molecule has 88 valence electrons. The maximum atomic E-state index is 9.02. The molecule has 0 heterocycles. The standard InChI is InChI=1S/C15H22O/c1-2-3-4-6-11-15(12-13-16)14-9-7-5-8-10-14/h5,7-10,12,16H,2-4,6,11,13H2,1H3/b15-12+. The average Bonchev–Trinajstić information content (AvgIpc) is 2.34. The number of unbranched alkanes of at least 4 members (excludes halogenated alkanes) is 3. The lowest BCUT2D eigenvalue weighted by molar-refractivity contribution is 0.343. The Morgan fingerprint density at radius 3 is 2.50 bits per heavy atom. The topological polar surface area (TPSA) is 20.2 Å². The highest BCUT2D eigenvalue weighted by Gasteiger charge is 2.00. The Labute approximate surface area is 98.8 Å². The maximum absolute atomic E-state index is 9.02. The van der Waals surface area contributed by atoms with Crippen LogP contribution in [0.3, 0.4) is 0 Å². The molecule has 0 radical (unpaired) electrons. The van der Waals surface area contributed by atoms with Crippen molar-refractivity contribution >= 4 is 5.57 Å². The van der Waals surface area contributed by atoms with Crippen LogP contribution in [0.15, 0.2) is 36.4 Å². The van der Waals surface area contributed by atoms with Gasteiger partial charge in [-0.3, -0.25) is 0 Å². The molecular weight excluding hydrogens is 196 g/mol. The summed E-state index contributed by atoms with van der Waals surface area (Å²) >= 11 is 0. The summed E-state index contributed by atoms with van der Waals surface area (Å²) in [4.78, 5) is 0. The molecule has 1 rings (SSSR count). The maximum Gasteiger partial charge on any atom is 0.0618 e. The molecule has 0 amide bonds. The number of hydrogen-bond acceptors (Lipinski definition) is 1. The Balaban J connectivity index is 2.52. The predicted octanol–water partition coefficient (Wildman–Crippen LogP) is 4.03. The molecule has 0 fully saturated rings. The molecule has 1 nitrogen and oxygen atoms in total. The quantitative estimate of drug-likeness (QED) is 0.685. The van der Waals surface area contributed by atoms with Crippen LogP contribution in [0, 0.1) is 0 Å². The van der Waals surface area contributed by atoms with Crippen LogP contribution in [-0.4, -0.2) is 11.7 Å². The molecule has 1 heteroatoms. The van der Waals surface area contributed by atoms with Crippen LogP contribution in [0.4, 0.5) is 0 Å². The van der Waals surface area contributed by atoms with E-state index in [-0.39, 0.29) is 6.61 Å². The Hall–Kier alpha value is -1.08. The number of rotatable bonds is 7. The molecule has 1 N–H and O–H groups in total. The van der Waals surface area contributed by atoms with Gasteiger partial charge in [0.05, 0.1) is 6.61 Å². The van der Waals surface area contributed by atoms with Crippen molar-refractivity contribution in [2.75, 3.05) is 6.61 Å². The number of hydrogen-bond donors (Lipinski definition) is 1. The lowest BCUT2D eigenvalue weighted by atomic mass is 9.99. The fourth-order valence-electron chi connectivity index (χ4n) is 1.87. The Bertz CT molecular complexity index is 300. The molecule has 16 heavy (non-hydrogen) atoms. The first-order valence-corrected chi connectivity index (χ1v) is 6.23. The van der Waals surface area contributed by atoms with Crippen molar-refractivity contribution in [1.82, 2.24) is 0 Å². The minimum atomic E-state index is 0.137. The Morgan fingerprint density at radius 1 is 1.12 bits per heavy atom. The normalized spacial score (nSPS) is 11.8. The van der Waals surface area contributed by atoms with Crippen LogP contribution in [0.25, 0.3) is 5.57 Å². The highest BCUT2D eigenvalue weighted by molar-refractivity contribution is 5.65. The van der Waals surface area contributed by atoms with Gasteiger partial charge in [0.25, 0.3) is 0 Å². The van der Waals surface area contributed by atoms with Gasteiger partial charge in [0.15, 0.2) is 0 Å². The lowest BCUT2D eigenvalue weighted by Gasteiger charge is -2.07. The van der Waals surface area contributed by atoms with E-state index in [4.69, 9.17) is 5.11 Å². The van der Waals surface area contributed by atoms with Crippen LogP contribution in [-0.2, 0) is 0 Å². The van der Waals surface area contributed by atoms with Crippen LogP contribution in [0.2, 0.25) is 0 Å². The monoisotopic (exact) mass is 218 g/mol. The SMILES string of the molecule is CCCCCC/C(=C\CO)c1ccccc1. The van der Waals surface area contributed by atoms with Crippen LogP contribution in [0.5, 0.6) is 0 Å². The van der Waals surface area contributed by atoms with Gasteiger partial charge in [0, 0.05) is 0 Å². The zero-order chi connectivity index (χ0) is 11.6. The van der Waals surface area contributed by atoms with Crippen molar-refractivity contribution < 1.29 is 5.11 Å².